The van der Waals surface area contributed by atoms with Crippen LogP contribution in [0.5, 0.6) is 0 Å². The summed E-state index contributed by atoms with van der Waals surface area (Å²) in [6.07, 6.45) is 0.0815. The lowest BCUT2D eigenvalue weighted by Gasteiger charge is -2.17. The number of carbonyl (C=O) groups is 3. The van der Waals surface area contributed by atoms with Gasteiger partial charge in [-0.1, -0.05) is 58.4 Å². The number of carbonyl (C=O) groups excluding carboxylic acids is 3. The van der Waals surface area contributed by atoms with Crippen molar-refractivity contribution in [1.29, 1.82) is 0 Å². The maximum atomic E-state index is 12.5. The smallest absolute Gasteiger partial charge is 0.311 e. The van der Waals surface area contributed by atoms with Crippen molar-refractivity contribution < 1.29 is 19.1 Å². The lowest BCUT2D eigenvalue weighted by molar-refractivity contribution is -0.147. The quantitative estimate of drug-likeness (QED) is 0.426. The molecule has 0 aliphatic carbocycles. The molecule has 1 amide bonds. The lowest BCUT2D eigenvalue weighted by atomic mass is 10.1. The van der Waals surface area contributed by atoms with Crippen molar-refractivity contribution in [2.45, 2.75) is 6.42 Å². The molecule has 0 aromatic heterocycles. The third-order valence-corrected chi connectivity index (χ3v) is 5.54. The van der Waals surface area contributed by atoms with Gasteiger partial charge >= 0.3 is 5.97 Å². The number of ether oxygens (including phenoxy) is 1. The molecular formula is C23H18BrNO4. The Morgan fingerprint density at radius 3 is 2.48 bits per heavy atom. The minimum Gasteiger partial charge on any atom is -0.457 e. The summed E-state index contributed by atoms with van der Waals surface area (Å²) in [5, 5.41) is 2.12. The molecule has 3 aromatic carbocycles. The van der Waals surface area contributed by atoms with Crippen molar-refractivity contribution in [3.05, 3.63) is 76.8 Å². The number of hydrogen-bond donors (Lipinski definition) is 0. The van der Waals surface area contributed by atoms with Gasteiger partial charge in [-0.3, -0.25) is 14.4 Å². The number of anilines is 1. The third-order valence-electron chi connectivity index (χ3n) is 5.01. The Kier molecular flexibility index (Phi) is 5.45. The Morgan fingerprint density at radius 1 is 1.00 bits per heavy atom. The maximum absolute atomic E-state index is 12.5. The van der Waals surface area contributed by atoms with Crippen LogP contribution in [0, 0.1) is 5.92 Å². The predicted octanol–water partition coefficient (Wildman–Crippen LogP) is 4.38. The number of esters is 1. The molecule has 146 valence electrons. The van der Waals surface area contributed by atoms with Crippen LogP contribution in [0.3, 0.4) is 0 Å². The summed E-state index contributed by atoms with van der Waals surface area (Å²) in [6.45, 7) is -0.0798. The standard InChI is InChI=1S/C23H18BrNO4/c24-19-8-5-16(6-9-19)21(26)14-29-23(28)18-12-22(27)25(13-18)20-10-7-15-3-1-2-4-17(15)11-20/h1-11,18H,12-14H2/t18-/m1/s1. The Hall–Kier alpha value is -2.99. The first-order chi connectivity index (χ1) is 14.0. The van der Waals surface area contributed by atoms with E-state index in [1.807, 2.05) is 42.5 Å². The molecule has 0 unspecified atom stereocenters. The second-order valence-electron chi connectivity index (χ2n) is 6.97. The topological polar surface area (TPSA) is 63.7 Å². The van der Waals surface area contributed by atoms with E-state index in [-0.39, 0.29) is 31.3 Å². The fourth-order valence-electron chi connectivity index (χ4n) is 3.43. The molecule has 0 saturated carbocycles. The van der Waals surface area contributed by atoms with Crippen molar-refractivity contribution in [1.82, 2.24) is 0 Å². The number of hydrogen-bond acceptors (Lipinski definition) is 4. The van der Waals surface area contributed by atoms with Gasteiger partial charge in [-0.25, -0.2) is 0 Å². The van der Waals surface area contributed by atoms with Crippen LogP contribution in [0.4, 0.5) is 5.69 Å². The van der Waals surface area contributed by atoms with Crippen LogP contribution in [0.25, 0.3) is 10.8 Å². The molecular weight excluding hydrogens is 434 g/mol. The first-order valence-electron chi connectivity index (χ1n) is 9.26. The van der Waals surface area contributed by atoms with Gasteiger partial charge in [-0.15, -0.1) is 0 Å². The molecule has 4 rings (SSSR count). The van der Waals surface area contributed by atoms with E-state index < -0.39 is 11.9 Å². The maximum Gasteiger partial charge on any atom is 0.311 e. The number of benzene rings is 3. The third kappa shape index (κ3) is 4.22. The van der Waals surface area contributed by atoms with E-state index in [1.165, 1.54) is 0 Å². The van der Waals surface area contributed by atoms with Crippen LogP contribution < -0.4 is 4.90 Å². The SMILES string of the molecule is O=C(COC(=O)[C@@H]1CC(=O)N(c2ccc3ccccc3c2)C1)c1ccc(Br)cc1. The Bertz CT molecular complexity index is 1090. The number of amides is 1. The highest BCUT2D eigenvalue weighted by molar-refractivity contribution is 9.10. The highest BCUT2D eigenvalue weighted by Gasteiger charge is 2.36. The fourth-order valence-corrected chi connectivity index (χ4v) is 3.70. The zero-order valence-corrected chi connectivity index (χ0v) is 17.1. The van der Waals surface area contributed by atoms with Gasteiger partial charge in [-0.2, -0.15) is 0 Å². The highest BCUT2D eigenvalue weighted by atomic mass is 79.9. The van der Waals surface area contributed by atoms with Crippen LogP contribution >= 0.6 is 15.9 Å². The molecule has 1 atom stereocenters. The number of rotatable bonds is 5. The van der Waals surface area contributed by atoms with Crippen LogP contribution in [0.15, 0.2) is 71.2 Å². The molecule has 1 saturated heterocycles. The van der Waals surface area contributed by atoms with Crippen LogP contribution in [0.1, 0.15) is 16.8 Å². The first kappa shape index (κ1) is 19.3. The number of nitrogens with zero attached hydrogens (tertiary/aromatic N) is 1. The lowest BCUT2D eigenvalue weighted by Crippen LogP contribution is -2.27. The Balaban J connectivity index is 1.39. The van der Waals surface area contributed by atoms with E-state index in [9.17, 15) is 14.4 Å². The van der Waals surface area contributed by atoms with Gasteiger partial charge in [0.2, 0.25) is 5.91 Å². The van der Waals surface area contributed by atoms with Crippen LogP contribution in [-0.2, 0) is 14.3 Å². The Labute approximate surface area is 176 Å². The van der Waals surface area contributed by atoms with Crippen molar-refractivity contribution >= 4 is 50.0 Å². The van der Waals surface area contributed by atoms with Gasteiger partial charge in [0.05, 0.1) is 5.92 Å². The van der Waals surface area contributed by atoms with Crippen molar-refractivity contribution in [3.63, 3.8) is 0 Å². The zero-order chi connectivity index (χ0) is 20.4. The van der Waals surface area contributed by atoms with E-state index >= 15 is 0 Å². The minimum atomic E-state index is -0.577. The molecule has 5 nitrogen and oxygen atoms in total. The molecule has 6 heteroatoms. The summed E-state index contributed by atoms with van der Waals surface area (Å²) in [7, 11) is 0. The van der Waals surface area contributed by atoms with Crippen LogP contribution in [-0.4, -0.2) is 30.8 Å². The summed E-state index contributed by atoms with van der Waals surface area (Å²) in [5.74, 6) is -1.50. The fraction of sp³-hybridized carbons (Fsp3) is 0.174. The van der Waals surface area contributed by atoms with E-state index in [0.717, 1.165) is 20.9 Å². The molecule has 29 heavy (non-hydrogen) atoms. The van der Waals surface area contributed by atoms with Gasteiger partial charge in [0.25, 0.3) is 0 Å². The normalized spacial score (nSPS) is 16.2. The second-order valence-corrected chi connectivity index (χ2v) is 7.89. The largest absolute Gasteiger partial charge is 0.457 e. The van der Waals surface area contributed by atoms with E-state index in [0.29, 0.717) is 5.56 Å². The second kappa shape index (κ2) is 8.17. The molecule has 0 radical (unpaired) electrons. The van der Waals surface area contributed by atoms with Crippen molar-refractivity contribution in [3.8, 4) is 0 Å². The summed E-state index contributed by atoms with van der Waals surface area (Å²) < 4.78 is 6.06. The Morgan fingerprint density at radius 2 is 1.72 bits per heavy atom. The molecule has 0 spiro atoms. The van der Waals surface area contributed by atoms with E-state index in [1.54, 1.807) is 29.2 Å². The molecule has 0 bridgehead atoms. The molecule has 1 fully saturated rings. The van der Waals surface area contributed by atoms with Gasteiger partial charge in [0.15, 0.2) is 12.4 Å². The summed E-state index contributed by atoms with van der Waals surface area (Å²) in [5.41, 5.74) is 1.23. The average molecular weight is 452 g/mol. The predicted molar refractivity (Wildman–Crippen MR) is 114 cm³/mol. The molecule has 1 aliphatic rings. The molecule has 1 aliphatic heterocycles. The zero-order valence-electron chi connectivity index (χ0n) is 15.5. The summed E-state index contributed by atoms with van der Waals surface area (Å²) >= 11 is 3.31. The average Bonchev–Trinajstić information content (AvgIpc) is 3.13. The number of ketones is 1. The minimum absolute atomic E-state index is 0.0815. The number of Topliss-reactive ketones (excluding diaryl/α,β-unsaturated/α-hetero) is 1. The first-order valence-corrected chi connectivity index (χ1v) is 10.0. The van der Waals surface area contributed by atoms with Gasteiger partial charge in [0.1, 0.15) is 0 Å². The van der Waals surface area contributed by atoms with E-state index in [4.69, 9.17) is 4.74 Å². The van der Waals surface area contributed by atoms with Gasteiger partial charge in [0, 0.05) is 28.7 Å². The van der Waals surface area contributed by atoms with E-state index in [2.05, 4.69) is 15.9 Å². The highest BCUT2D eigenvalue weighted by Crippen LogP contribution is 2.28. The van der Waals surface area contributed by atoms with Crippen LogP contribution in [0.2, 0.25) is 0 Å². The molecule has 3 aromatic rings. The number of halogens is 1. The van der Waals surface area contributed by atoms with Gasteiger partial charge in [-0.05, 0) is 35.0 Å². The monoisotopic (exact) mass is 451 g/mol. The molecule has 1 heterocycles. The van der Waals surface area contributed by atoms with Crippen molar-refractivity contribution in [2.75, 3.05) is 18.1 Å². The van der Waals surface area contributed by atoms with Crippen molar-refractivity contribution in [2.24, 2.45) is 5.92 Å². The number of fused-ring (bicyclic) bond motifs is 1. The molecule has 0 N–H and O–H groups in total. The van der Waals surface area contributed by atoms with Gasteiger partial charge < -0.3 is 9.64 Å². The summed E-state index contributed by atoms with van der Waals surface area (Å²) in [4.78, 5) is 38.7. The summed E-state index contributed by atoms with van der Waals surface area (Å²) in [6, 6.07) is 20.5.